The lowest BCUT2D eigenvalue weighted by molar-refractivity contribution is -0.152. The monoisotopic (exact) mass is 422 g/mol. The first kappa shape index (κ1) is 21.9. The number of anilines is 1. The zero-order chi connectivity index (χ0) is 22.7. The summed E-state index contributed by atoms with van der Waals surface area (Å²) in [7, 11) is 0. The van der Waals surface area contributed by atoms with Crippen molar-refractivity contribution in [3.63, 3.8) is 0 Å². The quantitative estimate of drug-likeness (QED) is 0.417. The Morgan fingerprint density at radius 1 is 0.968 bits per heavy atom. The normalized spacial score (nSPS) is 13.7. The zero-order valence-corrected chi connectivity index (χ0v) is 17.4. The number of ether oxygens (including phenoxy) is 1. The molecule has 3 rings (SSSR count). The second-order valence-corrected chi connectivity index (χ2v) is 7.51. The molecule has 1 atom stereocenters. The van der Waals surface area contributed by atoms with Crippen molar-refractivity contribution in [1.82, 2.24) is 4.90 Å². The maximum Gasteiger partial charge on any atom is 0.330 e. The molecule has 2 aromatic carbocycles. The lowest BCUT2D eigenvalue weighted by Gasteiger charge is -2.27. The molecule has 0 aromatic heterocycles. The highest BCUT2D eigenvalue weighted by molar-refractivity contribution is 6.22. The highest BCUT2D eigenvalue weighted by atomic mass is 16.5. The van der Waals surface area contributed by atoms with E-state index in [1.165, 1.54) is 25.1 Å². The van der Waals surface area contributed by atoms with Crippen LogP contribution in [0.2, 0.25) is 0 Å². The Bertz CT molecular complexity index is 1040. The molecule has 0 bridgehead atoms. The molecule has 0 unspecified atom stereocenters. The average molecular weight is 422 g/mol. The number of nitrogens with zero attached hydrogens (tertiary/aromatic N) is 1. The standard InChI is InChI=1S/C23H22N2O6/c1-13(2)20(25-21(28)17-9-4-5-10-18(17)22(25)29)23(30)31-12-19(27)24-16-8-6-7-15(11-16)14(3)26/h4-11,13,20H,12H2,1-3H3,(H,24,27)/t20-/m0/s1. The number of rotatable bonds is 7. The third-order valence-corrected chi connectivity index (χ3v) is 4.87. The van der Waals surface area contributed by atoms with Crippen LogP contribution in [0.15, 0.2) is 48.5 Å². The van der Waals surface area contributed by atoms with Gasteiger partial charge in [0.15, 0.2) is 12.4 Å². The van der Waals surface area contributed by atoms with Crippen molar-refractivity contribution in [3.05, 3.63) is 65.2 Å². The van der Waals surface area contributed by atoms with E-state index in [1.54, 1.807) is 44.2 Å². The Kier molecular flexibility index (Phi) is 6.29. The fourth-order valence-corrected chi connectivity index (χ4v) is 3.37. The number of fused-ring (bicyclic) bond motifs is 1. The number of imide groups is 1. The summed E-state index contributed by atoms with van der Waals surface area (Å²) in [5.74, 6) is -3.17. The van der Waals surface area contributed by atoms with E-state index in [1.807, 2.05) is 0 Å². The molecule has 31 heavy (non-hydrogen) atoms. The Morgan fingerprint density at radius 3 is 2.13 bits per heavy atom. The minimum absolute atomic E-state index is 0.150. The smallest absolute Gasteiger partial charge is 0.330 e. The van der Waals surface area contributed by atoms with E-state index < -0.39 is 42.3 Å². The first-order chi connectivity index (χ1) is 14.7. The zero-order valence-electron chi connectivity index (χ0n) is 17.4. The number of hydrogen-bond donors (Lipinski definition) is 1. The van der Waals surface area contributed by atoms with Crippen LogP contribution in [0.1, 0.15) is 51.8 Å². The van der Waals surface area contributed by atoms with Crippen LogP contribution >= 0.6 is 0 Å². The Labute approximate surface area is 179 Å². The molecular formula is C23H22N2O6. The first-order valence-electron chi connectivity index (χ1n) is 9.75. The van der Waals surface area contributed by atoms with Gasteiger partial charge in [0.2, 0.25) is 0 Å². The maximum absolute atomic E-state index is 12.7. The molecule has 0 spiro atoms. The number of ketones is 1. The first-order valence-corrected chi connectivity index (χ1v) is 9.75. The Hall–Kier alpha value is -3.81. The molecular weight excluding hydrogens is 400 g/mol. The van der Waals surface area contributed by atoms with E-state index in [0.717, 1.165) is 4.90 Å². The molecule has 0 saturated carbocycles. The van der Waals surface area contributed by atoms with E-state index in [-0.39, 0.29) is 16.9 Å². The molecule has 2 aromatic rings. The number of amides is 3. The summed E-state index contributed by atoms with van der Waals surface area (Å²) < 4.78 is 5.12. The number of carbonyl (C=O) groups excluding carboxylic acids is 5. The third kappa shape index (κ3) is 4.53. The lowest BCUT2D eigenvalue weighted by Crippen LogP contribution is -2.49. The largest absolute Gasteiger partial charge is 0.454 e. The molecule has 0 saturated heterocycles. The Balaban J connectivity index is 1.67. The van der Waals surface area contributed by atoms with Gasteiger partial charge >= 0.3 is 5.97 Å². The van der Waals surface area contributed by atoms with E-state index >= 15 is 0 Å². The molecule has 8 nitrogen and oxygen atoms in total. The van der Waals surface area contributed by atoms with Crippen molar-refractivity contribution >= 4 is 35.2 Å². The average Bonchev–Trinajstić information content (AvgIpc) is 2.98. The number of hydrogen-bond acceptors (Lipinski definition) is 6. The SMILES string of the molecule is CC(=O)c1cccc(NC(=O)COC(=O)[C@H](C(C)C)N2C(=O)c3ccccc3C2=O)c1. The summed E-state index contributed by atoms with van der Waals surface area (Å²) in [6, 6.07) is 11.5. The Morgan fingerprint density at radius 2 is 1.58 bits per heavy atom. The van der Waals surface area contributed by atoms with E-state index in [2.05, 4.69) is 5.32 Å². The van der Waals surface area contributed by atoms with E-state index in [0.29, 0.717) is 11.3 Å². The van der Waals surface area contributed by atoms with Crippen LogP contribution in [-0.4, -0.2) is 47.0 Å². The van der Waals surface area contributed by atoms with Gasteiger partial charge in [-0.05, 0) is 37.1 Å². The fraction of sp³-hybridized carbons (Fsp3) is 0.261. The summed E-state index contributed by atoms with van der Waals surface area (Å²) in [4.78, 5) is 62.7. The highest BCUT2D eigenvalue weighted by Crippen LogP contribution is 2.27. The van der Waals surface area contributed by atoms with Gasteiger partial charge in [-0.1, -0.05) is 38.1 Å². The van der Waals surface area contributed by atoms with Crippen LogP contribution in [0, 0.1) is 5.92 Å². The molecule has 8 heteroatoms. The van der Waals surface area contributed by atoms with Crippen LogP contribution in [-0.2, 0) is 14.3 Å². The van der Waals surface area contributed by atoms with Crippen LogP contribution in [0.3, 0.4) is 0 Å². The molecule has 0 fully saturated rings. The minimum Gasteiger partial charge on any atom is -0.454 e. The van der Waals surface area contributed by atoms with Gasteiger partial charge in [0.05, 0.1) is 11.1 Å². The van der Waals surface area contributed by atoms with Gasteiger partial charge in [-0.3, -0.25) is 24.1 Å². The molecule has 160 valence electrons. The van der Waals surface area contributed by atoms with Gasteiger partial charge < -0.3 is 10.1 Å². The predicted molar refractivity (Wildman–Crippen MR) is 112 cm³/mol. The summed E-state index contributed by atoms with van der Waals surface area (Å²) in [6.45, 7) is 4.18. The van der Waals surface area contributed by atoms with Crippen molar-refractivity contribution < 1.29 is 28.7 Å². The van der Waals surface area contributed by atoms with Crippen LogP contribution < -0.4 is 5.32 Å². The summed E-state index contributed by atoms with van der Waals surface area (Å²) in [6.07, 6.45) is 0. The number of esters is 1. The third-order valence-electron chi connectivity index (χ3n) is 4.87. The second kappa shape index (κ2) is 8.91. The minimum atomic E-state index is -1.17. The molecule has 1 aliphatic heterocycles. The van der Waals surface area contributed by atoms with E-state index in [9.17, 15) is 24.0 Å². The van der Waals surface area contributed by atoms with Gasteiger partial charge in [0.1, 0.15) is 6.04 Å². The molecule has 0 radical (unpaired) electrons. The fourth-order valence-electron chi connectivity index (χ4n) is 3.37. The molecule has 0 aliphatic carbocycles. The number of benzene rings is 2. The van der Waals surface area contributed by atoms with Crippen LogP contribution in [0.5, 0.6) is 0 Å². The van der Waals surface area contributed by atoms with Crippen molar-refractivity contribution in [2.45, 2.75) is 26.8 Å². The predicted octanol–water partition coefficient (Wildman–Crippen LogP) is 2.69. The molecule has 1 heterocycles. The van der Waals surface area contributed by atoms with Crippen LogP contribution in [0.4, 0.5) is 5.69 Å². The maximum atomic E-state index is 12.7. The van der Waals surface area contributed by atoms with Gasteiger partial charge in [-0.2, -0.15) is 0 Å². The van der Waals surface area contributed by atoms with Crippen molar-refractivity contribution in [1.29, 1.82) is 0 Å². The lowest BCUT2D eigenvalue weighted by atomic mass is 10.0. The number of carbonyl (C=O) groups is 5. The summed E-state index contributed by atoms with van der Waals surface area (Å²) in [5, 5.41) is 2.55. The summed E-state index contributed by atoms with van der Waals surface area (Å²) >= 11 is 0. The summed E-state index contributed by atoms with van der Waals surface area (Å²) in [5.41, 5.74) is 1.28. The number of Topliss-reactive ketones (excluding diaryl/α,β-unsaturated/α-hetero) is 1. The topological polar surface area (TPSA) is 110 Å². The van der Waals surface area contributed by atoms with Crippen LogP contribution in [0.25, 0.3) is 0 Å². The number of nitrogens with one attached hydrogen (secondary N) is 1. The van der Waals surface area contributed by atoms with Gasteiger partial charge in [0.25, 0.3) is 17.7 Å². The van der Waals surface area contributed by atoms with Crippen molar-refractivity contribution in [2.24, 2.45) is 5.92 Å². The second-order valence-electron chi connectivity index (χ2n) is 7.51. The molecule has 1 N–H and O–H groups in total. The van der Waals surface area contributed by atoms with Gasteiger partial charge in [0, 0.05) is 11.3 Å². The van der Waals surface area contributed by atoms with E-state index in [4.69, 9.17) is 4.74 Å². The van der Waals surface area contributed by atoms with Gasteiger partial charge in [-0.25, -0.2) is 4.79 Å². The van der Waals surface area contributed by atoms with Gasteiger partial charge in [-0.15, -0.1) is 0 Å². The van der Waals surface area contributed by atoms with Crippen molar-refractivity contribution in [3.8, 4) is 0 Å². The molecule has 3 amide bonds. The van der Waals surface area contributed by atoms with Crippen molar-refractivity contribution in [2.75, 3.05) is 11.9 Å². The highest BCUT2D eigenvalue weighted by Gasteiger charge is 2.44. The molecule has 1 aliphatic rings.